The van der Waals surface area contributed by atoms with Gasteiger partial charge in [-0.1, -0.05) is 12.1 Å². The van der Waals surface area contributed by atoms with Gasteiger partial charge < -0.3 is 10.6 Å². The van der Waals surface area contributed by atoms with Crippen molar-refractivity contribution in [2.75, 3.05) is 11.9 Å². The van der Waals surface area contributed by atoms with Gasteiger partial charge in [0.15, 0.2) is 0 Å². The minimum atomic E-state index is -0.641. The molecule has 6 nitrogen and oxygen atoms in total. The average Bonchev–Trinajstić information content (AvgIpc) is 2.89. The number of halogens is 1. The summed E-state index contributed by atoms with van der Waals surface area (Å²) in [5.41, 5.74) is -0.100. The Hall–Kier alpha value is -2.70. The Kier molecular flexibility index (Phi) is 3.87. The van der Waals surface area contributed by atoms with Crippen LogP contribution in [-0.2, 0) is 4.79 Å². The lowest BCUT2D eigenvalue weighted by Crippen LogP contribution is -2.33. The fraction of sp³-hybridized carbons (Fsp3) is 0.0833. The van der Waals surface area contributed by atoms with Gasteiger partial charge in [0.25, 0.3) is 5.91 Å². The molecule has 2 rings (SSSR count). The van der Waals surface area contributed by atoms with Gasteiger partial charge in [-0.2, -0.15) is 5.10 Å². The summed E-state index contributed by atoms with van der Waals surface area (Å²) in [5, 5.41) is 11.0. The largest absolute Gasteiger partial charge is 0.343 e. The first-order valence-electron chi connectivity index (χ1n) is 5.49. The van der Waals surface area contributed by atoms with Gasteiger partial charge in [0.1, 0.15) is 11.6 Å². The topological polar surface area (TPSA) is 86.9 Å². The highest BCUT2D eigenvalue weighted by Gasteiger charge is 2.12. The van der Waals surface area contributed by atoms with Crippen LogP contribution in [0.15, 0.2) is 36.5 Å². The molecule has 2 amide bonds. The number of H-pyrrole nitrogens is 1. The Balaban J connectivity index is 1.87. The Labute approximate surface area is 108 Å². The van der Waals surface area contributed by atoms with Crippen molar-refractivity contribution in [2.45, 2.75) is 0 Å². The maximum Gasteiger partial charge on any atom is 0.254 e. The number of benzene rings is 1. The van der Waals surface area contributed by atoms with Crippen LogP contribution >= 0.6 is 0 Å². The monoisotopic (exact) mass is 262 g/mol. The number of amides is 2. The van der Waals surface area contributed by atoms with Crippen molar-refractivity contribution in [3.8, 4) is 0 Å². The zero-order valence-electron chi connectivity index (χ0n) is 9.81. The van der Waals surface area contributed by atoms with E-state index in [-0.39, 0.29) is 12.1 Å². The van der Waals surface area contributed by atoms with Crippen LogP contribution in [0.25, 0.3) is 0 Å². The van der Waals surface area contributed by atoms with Gasteiger partial charge in [-0.15, -0.1) is 0 Å². The highest BCUT2D eigenvalue weighted by atomic mass is 19.1. The molecule has 98 valence electrons. The minimum Gasteiger partial charge on any atom is -0.343 e. The molecule has 0 atom stereocenters. The number of carbonyl (C=O) groups is 2. The first kappa shape index (κ1) is 12.7. The maximum absolute atomic E-state index is 13.3. The number of anilines is 1. The molecule has 0 aliphatic rings. The molecule has 3 N–H and O–H groups in total. The van der Waals surface area contributed by atoms with Crippen LogP contribution in [0.3, 0.4) is 0 Å². The third-order valence-electron chi connectivity index (χ3n) is 2.30. The molecule has 0 fully saturated rings. The van der Waals surface area contributed by atoms with Crippen molar-refractivity contribution in [3.63, 3.8) is 0 Å². The average molecular weight is 262 g/mol. The lowest BCUT2D eigenvalue weighted by Gasteiger charge is -2.06. The van der Waals surface area contributed by atoms with E-state index in [1.807, 2.05) is 0 Å². The van der Waals surface area contributed by atoms with E-state index in [9.17, 15) is 14.0 Å². The van der Waals surface area contributed by atoms with Crippen molar-refractivity contribution in [1.82, 2.24) is 15.5 Å². The molecule has 2 aromatic rings. The second-order valence-electron chi connectivity index (χ2n) is 3.68. The molecule has 19 heavy (non-hydrogen) atoms. The van der Waals surface area contributed by atoms with Crippen LogP contribution in [0.5, 0.6) is 0 Å². The van der Waals surface area contributed by atoms with Crippen LogP contribution < -0.4 is 10.6 Å². The fourth-order valence-corrected chi connectivity index (χ4v) is 1.42. The Morgan fingerprint density at radius 1 is 1.26 bits per heavy atom. The van der Waals surface area contributed by atoms with Gasteiger partial charge in [-0.3, -0.25) is 14.7 Å². The van der Waals surface area contributed by atoms with Crippen LogP contribution in [0.1, 0.15) is 10.4 Å². The predicted molar refractivity (Wildman–Crippen MR) is 66.0 cm³/mol. The summed E-state index contributed by atoms with van der Waals surface area (Å²) < 4.78 is 13.3. The van der Waals surface area contributed by atoms with Gasteiger partial charge >= 0.3 is 0 Å². The molecule has 0 aliphatic heterocycles. The molecule has 0 radical (unpaired) electrons. The number of carbonyl (C=O) groups excluding carboxylic acids is 2. The van der Waals surface area contributed by atoms with Crippen molar-refractivity contribution in [3.05, 3.63) is 47.9 Å². The van der Waals surface area contributed by atoms with Crippen molar-refractivity contribution >= 4 is 17.6 Å². The van der Waals surface area contributed by atoms with Gasteiger partial charge in [-0.05, 0) is 12.1 Å². The highest BCUT2D eigenvalue weighted by molar-refractivity contribution is 5.99. The molecule has 0 bridgehead atoms. The van der Waals surface area contributed by atoms with Crippen LogP contribution in [0, 0.1) is 5.82 Å². The number of hydrogen-bond donors (Lipinski definition) is 3. The summed E-state index contributed by atoms with van der Waals surface area (Å²) in [6, 6.07) is 7.12. The highest BCUT2D eigenvalue weighted by Crippen LogP contribution is 2.05. The van der Waals surface area contributed by atoms with E-state index in [0.29, 0.717) is 5.82 Å². The quantitative estimate of drug-likeness (QED) is 0.765. The molecule has 0 aliphatic carbocycles. The van der Waals surface area contributed by atoms with E-state index >= 15 is 0 Å². The second kappa shape index (κ2) is 5.76. The van der Waals surface area contributed by atoms with Crippen molar-refractivity contribution in [2.24, 2.45) is 0 Å². The van der Waals surface area contributed by atoms with Gasteiger partial charge in [0.05, 0.1) is 18.3 Å². The normalized spacial score (nSPS) is 9.95. The van der Waals surface area contributed by atoms with E-state index in [4.69, 9.17) is 0 Å². The van der Waals surface area contributed by atoms with E-state index in [1.165, 1.54) is 24.4 Å². The third-order valence-corrected chi connectivity index (χ3v) is 2.30. The lowest BCUT2D eigenvalue weighted by molar-refractivity contribution is -0.115. The number of nitrogens with zero attached hydrogens (tertiary/aromatic N) is 1. The molecular formula is C12H11FN4O2. The first-order valence-corrected chi connectivity index (χ1v) is 5.49. The number of aromatic amines is 1. The van der Waals surface area contributed by atoms with Crippen LogP contribution in [0.4, 0.5) is 10.2 Å². The van der Waals surface area contributed by atoms with Crippen molar-refractivity contribution in [1.29, 1.82) is 0 Å². The molecule has 1 aromatic heterocycles. The SMILES string of the molecule is O=C(CNC(=O)c1ccccc1F)Nc1ccn[nH]1. The van der Waals surface area contributed by atoms with Crippen LogP contribution in [-0.4, -0.2) is 28.6 Å². The minimum absolute atomic E-state index is 0.100. The number of aromatic nitrogens is 2. The molecule has 1 aromatic carbocycles. The summed E-state index contributed by atoms with van der Waals surface area (Å²) in [6.45, 7) is -0.258. The fourth-order valence-electron chi connectivity index (χ4n) is 1.42. The smallest absolute Gasteiger partial charge is 0.254 e. The zero-order valence-corrected chi connectivity index (χ0v) is 9.81. The number of rotatable bonds is 4. The standard InChI is InChI=1S/C12H11FN4O2/c13-9-4-2-1-3-8(9)12(19)14-7-11(18)16-10-5-6-15-17-10/h1-6H,7H2,(H,14,19)(H2,15,16,17,18). The van der Waals surface area contributed by atoms with Crippen LogP contribution in [0.2, 0.25) is 0 Å². The van der Waals surface area contributed by atoms with E-state index < -0.39 is 17.6 Å². The summed E-state index contributed by atoms with van der Waals surface area (Å²) in [7, 11) is 0. The zero-order chi connectivity index (χ0) is 13.7. The summed E-state index contributed by atoms with van der Waals surface area (Å²) in [6.07, 6.45) is 1.48. The third kappa shape index (κ3) is 3.38. The molecule has 0 unspecified atom stereocenters. The lowest BCUT2D eigenvalue weighted by atomic mass is 10.2. The number of hydrogen-bond acceptors (Lipinski definition) is 3. The summed E-state index contributed by atoms with van der Waals surface area (Å²) in [4.78, 5) is 23.1. The maximum atomic E-state index is 13.3. The van der Waals surface area contributed by atoms with Crippen molar-refractivity contribution < 1.29 is 14.0 Å². The number of nitrogens with one attached hydrogen (secondary N) is 3. The van der Waals surface area contributed by atoms with Gasteiger partial charge in [-0.25, -0.2) is 4.39 Å². The molecule has 0 saturated carbocycles. The molecule has 1 heterocycles. The van der Waals surface area contributed by atoms with Gasteiger partial charge in [0, 0.05) is 6.07 Å². The molecule has 0 saturated heterocycles. The van der Waals surface area contributed by atoms with E-state index in [2.05, 4.69) is 20.8 Å². The molecule has 7 heteroatoms. The molecule has 0 spiro atoms. The Morgan fingerprint density at radius 3 is 2.74 bits per heavy atom. The Morgan fingerprint density at radius 2 is 2.05 bits per heavy atom. The molecular weight excluding hydrogens is 251 g/mol. The van der Waals surface area contributed by atoms with E-state index in [0.717, 1.165) is 0 Å². The summed E-state index contributed by atoms with van der Waals surface area (Å²) in [5.74, 6) is -1.29. The predicted octanol–water partition coefficient (Wildman–Crippen LogP) is 0.917. The second-order valence-corrected chi connectivity index (χ2v) is 3.68. The van der Waals surface area contributed by atoms with E-state index in [1.54, 1.807) is 12.1 Å². The van der Waals surface area contributed by atoms with Gasteiger partial charge in [0.2, 0.25) is 5.91 Å². The Bertz CT molecular complexity index is 583. The first-order chi connectivity index (χ1) is 9.16. The summed E-state index contributed by atoms with van der Waals surface area (Å²) >= 11 is 0.